The number of halogens is 2. The summed E-state index contributed by atoms with van der Waals surface area (Å²) in [7, 11) is 10.5. The average molecular weight is 691 g/mol. The van der Waals surface area contributed by atoms with Crippen molar-refractivity contribution in [3.63, 3.8) is 0 Å². The van der Waals surface area contributed by atoms with Gasteiger partial charge in [0.1, 0.15) is 18.8 Å². The van der Waals surface area contributed by atoms with Crippen LogP contribution in [0, 0.1) is 0 Å². The Hall–Kier alpha value is -1.31. The Kier molecular flexibility index (Phi) is 29.2. The zero-order chi connectivity index (χ0) is 32.5. The van der Waals surface area contributed by atoms with E-state index in [9.17, 15) is 9.90 Å². The predicted octanol–water partition coefficient (Wildman–Crippen LogP) is 8.83. The van der Waals surface area contributed by atoms with Crippen molar-refractivity contribution in [2.45, 2.75) is 122 Å². The molecule has 8 heteroatoms. The van der Waals surface area contributed by atoms with Gasteiger partial charge in [-0.25, -0.2) is 0 Å². The number of unbranched alkanes of at least 4 members (excludes halogenated alkanes) is 15. The summed E-state index contributed by atoms with van der Waals surface area (Å²) in [5.41, 5.74) is 0.962. The molecule has 1 unspecified atom stereocenters. The summed E-state index contributed by atoms with van der Waals surface area (Å²) < 4.78 is 6.79. The number of rotatable bonds is 28. The number of methoxy groups -OCH3 is 1. The summed E-state index contributed by atoms with van der Waals surface area (Å²) in [6, 6.07) is 7.62. The molecule has 0 aliphatic carbocycles. The minimum absolute atomic E-state index is 0. The molecular weight excluding hydrogens is 617 g/mol. The Labute approximate surface area is 296 Å². The first-order chi connectivity index (χ1) is 21.1. The van der Waals surface area contributed by atoms with Crippen LogP contribution in [0.25, 0.3) is 6.08 Å². The molecule has 0 radical (unpaired) electrons. The third-order valence-electron chi connectivity index (χ3n) is 8.81. The second-order valence-electron chi connectivity index (χ2n) is 14.4. The lowest BCUT2D eigenvalue weighted by molar-refractivity contribution is -0.914. The third-order valence-corrected chi connectivity index (χ3v) is 8.81. The molecule has 1 amide bonds. The van der Waals surface area contributed by atoms with Crippen LogP contribution >= 0.6 is 24.8 Å². The van der Waals surface area contributed by atoms with E-state index < -0.39 is 0 Å². The number of carbonyl (C=O) groups is 1. The maximum absolute atomic E-state index is 12.2. The van der Waals surface area contributed by atoms with E-state index in [1.165, 1.54) is 103 Å². The highest BCUT2D eigenvalue weighted by atomic mass is 35.5. The molecule has 270 valence electrons. The number of benzene rings is 1. The normalized spacial score (nSPS) is 12.4. The Morgan fingerprint density at radius 1 is 0.717 bits per heavy atom. The fraction of sp³-hybridized carbons (Fsp3) is 0.763. The second kappa shape index (κ2) is 28.7. The van der Waals surface area contributed by atoms with Gasteiger partial charge in [0.25, 0.3) is 0 Å². The Bertz CT molecular complexity index is 878. The van der Waals surface area contributed by atoms with E-state index >= 15 is 0 Å². The van der Waals surface area contributed by atoms with Gasteiger partial charge in [0.2, 0.25) is 5.91 Å². The summed E-state index contributed by atoms with van der Waals surface area (Å²) in [6.45, 7) is 6.46. The molecule has 1 rings (SSSR count). The second-order valence-corrected chi connectivity index (χ2v) is 14.4. The number of quaternary nitrogens is 2. The molecule has 6 nitrogen and oxygen atoms in total. The Morgan fingerprint density at radius 2 is 1.13 bits per heavy atom. The molecular formula is C38H73Cl2N3O3+2. The first kappa shape index (κ1) is 46.8. The van der Waals surface area contributed by atoms with Gasteiger partial charge in [-0.1, -0.05) is 109 Å². The molecule has 46 heavy (non-hydrogen) atoms. The van der Waals surface area contributed by atoms with Gasteiger partial charge in [0.15, 0.2) is 6.10 Å². The summed E-state index contributed by atoms with van der Waals surface area (Å²) in [5, 5.41) is 13.9. The number of amides is 1. The van der Waals surface area contributed by atoms with Crippen molar-refractivity contribution < 1.29 is 23.6 Å². The molecule has 0 saturated carbocycles. The first-order valence-electron chi connectivity index (χ1n) is 18.0. The Morgan fingerprint density at radius 3 is 1.57 bits per heavy atom. The summed E-state index contributed by atoms with van der Waals surface area (Å²) in [5.74, 6) is 0.717. The van der Waals surface area contributed by atoms with E-state index in [-0.39, 0.29) is 36.8 Å². The van der Waals surface area contributed by atoms with E-state index in [2.05, 4.69) is 40.4 Å². The van der Waals surface area contributed by atoms with Gasteiger partial charge in [0.05, 0.1) is 48.4 Å². The molecule has 0 spiro atoms. The Balaban J connectivity index is 0. The number of nitrogens with zero attached hydrogens (tertiary/aromatic N) is 2. The number of nitrogens with one attached hydrogen (secondary N) is 1. The van der Waals surface area contributed by atoms with Crippen molar-refractivity contribution in [3.8, 4) is 5.75 Å². The zero-order valence-electron chi connectivity index (χ0n) is 30.6. The standard InChI is InChI=1S/C38H70N3O3.2ClH/c1-7-8-9-10-11-12-13-14-15-16-17-18-19-20-21-22-31-40(2,3)33-36(42)34-41(4,5)32-23-30-39-38(43)29-26-35-24-27-37(44-6)28-25-35;;/h24-29,36,42H,7-23,30-34H2,1-6H3;2*1H/q+1;;/p+1/b29-26+;;. The largest absolute Gasteiger partial charge is 0.497 e. The lowest BCUT2D eigenvalue weighted by atomic mass is 10.0. The highest BCUT2D eigenvalue weighted by molar-refractivity contribution is 5.91. The van der Waals surface area contributed by atoms with Crippen molar-refractivity contribution in [2.75, 3.05) is 68.0 Å². The fourth-order valence-electron chi connectivity index (χ4n) is 6.13. The molecule has 0 fully saturated rings. The van der Waals surface area contributed by atoms with Crippen LogP contribution in [0.3, 0.4) is 0 Å². The summed E-state index contributed by atoms with van der Waals surface area (Å²) in [6.07, 6.45) is 26.2. The third kappa shape index (κ3) is 26.7. The van der Waals surface area contributed by atoms with Gasteiger partial charge in [-0.2, -0.15) is 0 Å². The highest BCUT2D eigenvalue weighted by Gasteiger charge is 2.26. The number of hydrogen-bond donors (Lipinski definition) is 2. The lowest BCUT2D eigenvalue weighted by Crippen LogP contribution is -2.53. The minimum atomic E-state index is -0.330. The van der Waals surface area contributed by atoms with Crippen LogP contribution in [-0.4, -0.2) is 94.1 Å². The van der Waals surface area contributed by atoms with E-state index in [0.29, 0.717) is 6.54 Å². The van der Waals surface area contributed by atoms with E-state index in [0.717, 1.165) is 52.9 Å². The van der Waals surface area contributed by atoms with Crippen molar-refractivity contribution >= 4 is 36.8 Å². The molecule has 0 aliphatic heterocycles. The number of carbonyl (C=O) groups excluding carboxylic acids is 1. The molecule has 1 atom stereocenters. The molecule has 1 aromatic carbocycles. The van der Waals surface area contributed by atoms with Crippen LogP contribution < -0.4 is 10.1 Å². The van der Waals surface area contributed by atoms with Gasteiger partial charge in [-0.15, -0.1) is 24.8 Å². The summed E-state index contributed by atoms with van der Waals surface area (Å²) >= 11 is 0. The maximum Gasteiger partial charge on any atom is 0.244 e. The number of ether oxygens (including phenoxy) is 1. The quantitative estimate of drug-likeness (QED) is 0.0525. The monoisotopic (exact) mass is 690 g/mol. The number of aliphatic hydroxyl groups excluding tert-OH is 1. The number of likely N-dealkylation sites (N-methyl/N-ethyl adjacent to an activating group) is 2. The van der Waals surface area contributed by atoms with Gasteiger partial charge in [-0.05, 0) is 36.6 Å². The van der Waals surface area contributed by atoms with Crippen molar-refractivity contribution in [2.24, 2.45) is 0 Å². The SMILES string of the molecule is CCCCCCCCCCCCCCCCCC[N+](C)(C)CC(O)C[N+](C)(C)CCCNC(=O)/C=C/c1ccc(OC)cc1.Cl.Cl. The van der Waals surface area contributed by atoms with E-state index in [4.69, 9.17) is 4.74 Å². The first-order valence-corrected chi connectivity index (χ1v) is 18.0. The molecule has 0 heterocycles. The molecule has 0 aliphatic rings. The highest BCUT2D eigenvalue weighted by Crippen LogP contribution is 2.15. The van der Waals surface area contributed by atoms with Crippen LogP contribution in [0.15, 0.2) is 30.3 Å². The zero-order valence-corrected chi connectivity index (χ0v) is 32.2. The van der Waals surface area contributed by atoms with Crippen LogP contribution in [0.4, 0.5) is 0 Å². The summed E-state index contributed by atoms with van der Waals surface area (Å²) in [4.78, 5) is 12.2. The fourth-order valence-corrected chi connectivity index (χ4v) is 6.13. The molecule has 1 aromatic rings. The van der Waals surface area contributed by atoms with Crippen LogP contribution in [-0.2, 0) is 4.79 Å². The number of hydrogen-bond acceptors (Lipinski definition) is 3. The predicted molar refractivity (Wildman–Crippen MR) is 203 cm³/mol. The average Bonchev–Trinajstić information content (AvgIpc) is 2.97. The van der Waals surface area contributed by atoms with Crippen LogP contribution in [0.1, 0.15) is 122 Å². The van der Waals surface area contributed by atoms with E-state index in [1.54, 1.807) is 13.2 Å². The van der Waals surface area contributed by atoms with Crippen molar-refractivity contribution in [1.82, 2.24) is 5.32 Å². The molecule has 0 aromatic heterocycles. The van der Waals surface area contributed by atoms with Gasteiger partial charge >= 0.3 is 0 Å². The van der Waals surface area contributed by atoms with E-state index in [1.807, 2.05) is 30.3 Å². The van der Waals surface area contributed by atoms with Gasteiger partial charge in [0, 0.05) is 19.0 Å². The molecule has 2 N–H and O–H groups in total. The van der Waals surface area contributed by atoms with Crippen molar-refractivity contribution in [1.29, 1.82) is 0 Å². The number of aliphatic hydroxyl groups is 1. The van der Waals surface area contributed by atoms with Crippen LogP contribution in [0.5, 0.6) is 5.75 Å². The topological polar surface area (TPSA) is 58.6 Å². The molecule has 0 saturated heterocycles. The minimum Gasteiger partial charge on any atom is -0.497 e. The van der Waals surface area contributed by atoms with Gasteiger partial charge in [-0.3, -0.25) is 4.79 Å². The lowest BCUT2D eigenvalue weighted by Gasteiger charge is -2.36. The van der Waals surface area contributed by atoms with Crippen molar-refractivity contribution in [3.05, 3.63) is 35.9 Å². The smallest absolute Gasteiger partial charge is 0.244 e. The maximum atomic E-state index is 12.2. The van der Waals surface area contributed by atoms with Crippen LogP contribution in [0.2, 0.25) is 0 Å². The molecule has 0 bridgehead atoms. The van der Waals surface area contributed by atoms with Gasteiger partial charge < -0.3 is 24.1 Å².